The lowest BCUT2D eigenvalue weighted by Crippen LogP contribution is -2.38. The summed E-state index contributed by atoms with van der Waals surface area (Å²) in [6.07, 6.45) is -0.565. The van der Waals surface area contributed by atoms with E-state index in [-0.39, 0.29) is 17.6 Å². The summed E-state index contributed by atoms with van der Waals surface area (Å²) in [6, 6.07) is 2.65. The number of aromatic nitrogens is 2. The number of aryl methyl sites for hydroxylation is 1. The minimum atomic E-state index is -4.81. The van der Waals surface area contributed by atoms with Crippen molar-refractivity contribution >= 4 is 16.0 Å². The number of anilines is 1. The molecule has 2 aromatic rings. The molecule has 1 fully saturated rings. The molecule has 1 heterocycles. The SMILES string of the molecule is Cc1nc(N)ncc1-c1ccc(C(F)(F)F)c(S(=O)(=O)NC2CCC(C)CC2)c1. The van der Waals surface area contributed by atoms with E-state index in [2.05, 4.69) is 21.6 Å². The van der Waals surface area contributed by atoms with Gasteiger partial charge in [-0.25, -0.2) is 23.1 Å². The largest absolute Gasteiger partial charge is 0.417 e. The van der Waals surface area contributed by atoms with Crippen molar-refractivity contribution < 1.29 is 21.6 Å². The van der Waals surface area contributed by atoms with E-state index in [9.17, 15) is 21.6 Å². The molecule has 0 saturated heterocycles. The van der Waals surface area contributed by atoms with Gasteiger partial charge in [0.25, 0.3) is 0 Å². The minimum Gasteiger partial charge on any atom is -0.368 e. The first kappa shape index (κ1) is 21.5. The fourth-order valence-corrected chi connectivity index (χ4v) is 5.13. The van der Waals surface area contributed by atoms with Gasteiger partial charge in [0.1, 0.15) is 0 Å². The number of nitrogen functional groups attached to an aromatic ring is 1. The number of nitrogens with two attached hydrogens (primary N) is 1. The van der Waals surface area contributed by atoms with E-state index in [1.807, 2.05) is 0 Å². The molecule has 0 spiro atoms. The molecule has 0 unspecified atom stereocenters. The van der Waals surface area contributed by atoms with Crippen molar-refractivity contribution in [3.05, 3.63) is 35.7 Å². The third-order valence-electron chi connectivity index (χ3n) is 5.22. The summed E-state index contributed by atoms with van der Waals surface area (Å²) >= 11 is 0. The monoisotopic (exact) mass is 428 g/mol. The number of hydrogen-bond donors (Lipinski definition) is 2. The number of alkyl halides is 3. The van der Waals surface area contributed by atoms with Gasteiger partial charge in [0.05, 0.1) is 16.2 Å². The van der Waals surface area contributed by atoms with Gasteiger partial charge in [-0.15, -0.1) is 0 Å². The van der Waals surface area contributed by atoms with Gasteiger partial charge in [0, 0.05) is 17.8 Å². The van der Waals surface area contributed by atoms with Crippen LogP contribution in [0.5, 0.6) is 0 Å². The molecule has 3 N–H and O–H groups in total. The van der Waals surface area contributed by atoms with Gasteiger partial charge in [0.15, 0.2) is 0 Å². The molecule has 29 heavy (non-hydrogen) atoms. The Morgan fingerprint density at radius 2 is 1.83 bits per heavy atom. The number of nitrogens with zero attached hydrogens (tertiary/aromatic N) is 2. The van der Waals surface area contributed by atoms with Crippen molar-refractivity contribution in [1.82, 2.24) is 14.7 Å². The normalized spacial score (nSPS) is 20.6. The van der Waals surface area contributed by atoms with E-state index in [4.69, 9.17) is 5.73 Å². The lowest BCUT2D eigenvalue weighted by atomic mass is 9.88. The van der Waals surface area contributed by atoms with Crippen molar-refractivity contribution in [1.29, 1.82) is 0 Å². The van der Waals surface area contributed by atoms with Crippen LogP contribution in [-0.2, 0) is 16.2 Å². The van der Waals surface area contributed by atoms with Crippen LogP contribution in [0.1, 0.15) is 43.9 Å². The number of halogens is 3. The van der Waals surface area contributed by atoms with Crippen LogP contribution < -0.4 is 10.5 Å². The molecule has 0 bridgehead atoms. The molecule has 10 heteroatoms. The Hall–Kier alpha value is -2.20. The number of rotatable bonds is 4. The Labute approximate surface area is 167 Å². The highest BCUT2D eigenvalue weighted by atomic mass is 32.2. The van der Waals surface area contributed by atoms with Crippen LogP contribution in [0, 0.1) is 12.8 Å². The minimum absolute atomic E-state index is 0.0270. The van der Waals surface area contributed by atoms with Crippen LogP contribution in [0.15, 0.2) is 29.3 Å². The number of benzene rings is 1. The van der Waals surface area contributed by atoms with E-state index in [0.29, 0.717) is 30.0 Å². The molecule has 0 amide bonds. The topological polar surface area (TPSA) is 98.0 Å². The quantitative estimate of drug-likeness (QED) is 0.769. The van der Waals surface area contributed by atoms with Crippen molar-refractivity contribution in [3.63, 3.8) is 0 Å². The zero-order valence-corrected chi connectivity index (χ0v) is 16.9. The molecule has 0 atom stereocenters. The second-order valence-electron chi connectivity index (χ2n) is 7.51. The molecule has 1 aromatic carbocycles. The zero-order valence-electron chi connectivity index (χ0n) is 16.1. The van der Waals surface area contributed by atoms with E-state index in [1.165, 1.54) is 12.3 Å². The van der Waals surface area contributed by atoms with Crippen LogP contribution >= 0.6 is 0 Å². The number of hydrogen-bond acceptors (Lipinski definition) is 5. The van der Waals surface area contributed by atoms with Crippen molar-refractivity contribution in [2.24, 2.45) is 5.92 Å². The van der Waals surface area contributed by atoms with E-state index in [1.54, 1.807) is 6.92 Å². The molecule has 6 nitrogen and oxygen atoms in total. The van der Waals surface area contributed by atoms with E-state index in [0.717, 1.165) is 25.0 Å². The maximum atomic E-state index is 13.5. The highest BCUT2D eigenvalue weighted by molar-refractivity contribution is 7.89. The Balaban J connectivity index is 2.04. The molecule has 1 aromatic heterocycles. The van der Waals surface area contributed by atoms with Gasteiger partial charge >= 0.3 is 6.18 Å². The fourth-order valence-electron chi connectivity index (χ4n) is 3.58. The van der Waals surface area contributed by atoms with Gasteiger partial charge in [-0.3, -0.25) is 0 Å². The first-order chi connectivity index (χ1) is 13.5. The summed E-state index contributed by atoms with van der Waals surface area (Å²) < 4.78 is 68.9. The van der Waals surface area contributed by atoms with Gasteiger partial charge in [-0.1, -0.05) is 13.0 Å². The Morgan fingerprint density at radius 3 is 2.41 bits per heavy atom. The zero-order chi connectivity index (χ0) is 21.4. The predicted octanol–water partition coefficient (Wildman–Crippen LogP) is 3.91. The summed E-state index contributed by atoms with van der Waals surface area (Å²) in [7, 11) is -4.38. The first-order valence-electron chi connectivity index (χ1n) is 9.30. The number of sulfonamides is 1. The van der Waals surface area contributed by atoms with Gasteiger partial charge in [-0.05, 0) is 56.2 Å². The highest BCUT2D eigenvalue weighted by Gasteiger charge is 2.38. The van der Waals surface area contributed by atoms with Crippen molar-refractivity contribution in [2.75, 3.05) is 5.73 Å². The Bertz CT molecular complexity index is 1000. The highest BCUT2D eigenvalue weighted by Crippen LogP contribution is 2.37. The lowest BCUT2D eigenvalue weighted by Gasteiger charge is -2.27. The molecular formula is C19H23F3N4O2S. The van der Waals surface area contributed by atoms with Gasteiger partial charge in [0.2, 0.25) is 16.0 Å². The molecule has 3 rings (SSSR count). The molecule has 0 radical (unpaired) electrons. The van der Waals surface area contributed by atoms with Gasteiger partial charge in [-0.2, -0.15) is 13.2 Å². The molecule has 1 saturated carbocycles. The summed E-state index contributed by atoms with van der Waals surface area (Å²) in [4.78, 5) is 7.06. The Morgan fingerprint density at radius 1 is 1.17 bits per heavy atom. The Kier molecular flexibility index (Phi) is 5.86. The fraction of sp³-hybridized carbons (Fsp3) is 0.474. The average Bonchev–Trinajstić information content (AvgIpc) is 2.62. The number of nitrogens with one attached hydrogen (secondary N) is 1. The van der Waals surface area contributed by atoms with Gasteiger partial charge < -0.3 is 5.73 Å². The van der Waals surface area contributed by atoms with E-state index < -0.39 is 26.7 Å². The van der Waals surface area contributed by atoms with Crippen LogP contribution in [0.2, 0.25) is 0 Å². The maximum absolute atomic E-state index is 13.5. The molecule has 1 aliphatic carbocycles. The third-order valence-corrected chi connectivity index (χ3v) is 6.78. The standard InChI is InChI=1S/C19H23F3N4O2S/c1-11-3-6-14(7-4-11)26-29(27,28)17-9-13(5-8-16(17)19(20,21)22)15-10-24-18(23)25-12(15)2/h5,8-11,14,26H,3-4,6-7H2,1-2H3,(H2,23,24,25). The summed E-state index contributed by atoms with van der Waals surface area (Å²) in [6.45, 7) is 3.70. The maximum Gasteiger partial charge on any atom is 0.417 e. The molecular weight excluding hydrogens is 405 g/mol. The summed E-state index contributed by atoms with van der Waals surface area (Å²) in [5, 5.41) is 0. The summed E-state index contributed by atoms with van der Waals surface area (Å²) in [5.74, 6) is 0.512. The summed E-state index contributed by atoms with van der Waals surface area (Å²) in [5.41, 5.74) is 5.44. The van der Waals surface area contributed by atoms with Crippen LogP contribution in [-0.4, -0.2) is 24.4 Å². The van der Waals surface area contributed by atoms with Crippen LogP contribution in [0.25, 0.3) is 11.1 Å². The first-order valence-corrected chi connectivity index (χ1v) is 10.8. The molecule has 1 aliphatic rings. The smallest absolute Gasteiger partial charge is 0.368 e. The average molecular weight is 428 g/mol. The molecule has 158 valence electrons. The van der Waals surface area contributed by atoms with Crippen molar-refractivity contribution in [2.45, 2.75) is 56.6 Å². The van der Waals surface area contributed by atoms with Crippen molar-refractivity contribution in [3.8, 4) is 11.1 Å². The second-order valence-corrected chi connectivity index (χ2v) is 9.20. The molecule has 0 aliphatic heterocycles. The van der Waals surface area contributed by atoms with Crippen LogP contribution in [0.3, 0.4) is 0 Å². The van der Waals surface area contributed by atoms with E-state index >= 15 is 0 Å². The van der Waals surface area contributed by atoms with Crippen LogP contribution in [0.4, 0.5) is 19.1 Å². The third kappa shape index (κ3) is 4.87. The second kappa shape index (κ2) is 7.91. The lowest BCUT2D eigenvalue weighted by molar-refractivity contribution is -0.139. The predicted molar refractivity (Wildman–Crippen MR) is 103 cm³/mol.